The van der Waals surface area contributed by atoms with Gasteiger partial charge in [-0.2, -0.15) is 0 Å². The molecule has 1 heterocycles. The first-order chi connectivity index (χ1) is 10.8. The number of nitrogens with one attached hydrogen (secondary N) is 3. The van der Waals surface area contributed by atoms with Gasteiger partial charge in [-0.25, -0.2) is 13.1 Å². The van der Waals surface area contributed by atoms with E-state index in [1.54, 1.807) is 0 Å². The van der Waals surface area contributed by atoms with Crippen LogP contribution in [0.2, 0.25) is 0 Å². The molecule has 2 fully saturated rings. The maximum Gasteiger partial charge on any atom is 0.208 e. The Hall–Kier alpha value is -0.860. The van der Waals surface area contributed by atoms with Crippen molar-refractivity contribution >= 4 is 16.0 Å². The number of hydrogen-bond donors (Lipinski definition) is 3. The molecule has 0 amide bonds. The molecule has 3 atom stereocenters. The van der Waals surface area contributed by atoms with Crippen molar-refractivity contribution in [3.8, 4) is 0 Å². The Morgan fingerprint density at radius 3 is 2.78 bits per heavy atom. The summed E-state index contributed by atoms with van der Waals surface area (Å²) in [6.45, 7) is 8.81. The fraction of sp³-hybridized carbons (Fsp3) is 0.933. The van der Waals surface area contributed by atoms with Gasteiger partial charge < -0.3 is 15.4 Å². The van der Waals surface area contributed by atoms with Gasteiger partial charge in [-0.3, -0.25) is 4.99 Å². The Kier molecular flexibility index (Phi) is 5.91. The normalized spacial score (nSPS) is 30.3. The van der Waals surface area contributed by atoms with Crippen molar-refractivity contribution in [3.05, 3.63) is 0 Å². The average Bonchev–Trinajstić information content (AvgIpc) is 2.47. The molecule has 8 heteroatoms. The van der Waals surface area contributed by atoms with Crippen LogP contribution in [0, 0.1) is 11.3 Å². The van der Waals surface area contributed by atoms with E-state index in [9.17, 15) is 8.42 Å². The van der Waals surface area contributed by atoms with Gasteiger partial charge in [-0.1, -0.05) is 13.8 Å². The summed E-state index contributed by atoms with van der Waals surface area (Å²) in [6.07, 6.45) is 3.77. The highest BCUT2D eigenvalue weighted by Gasteiger charge is 2.58. The zero-order chi connectivity index (χ0) is 17.1. The third-order valence-corrected chi connectivity index (χ3v) is 5.44. The molecule has 0 radical (unpaired) electrons. The average molecular weight is 346 g/mol. The van der Waals surface area contributed by atoms with E-state index in [2.05, 4.69) is 34.2 Å². The number of fused-ring (bicyclic) bond motifs is 1. The molecule has 134 valence electrons. The van der Waals surface area contributed by atoms with Gasteiger partial charge in [0.25, 0.3) is 0 Å². The Morgan fingerprint density at radius 1 is 1.39 bits per heavy atom. The van der Waals surface area contributed by atoms with Crippen LogP contribution in [0.5, 0.6) is 0 Å². The van der Waals surface area contributed by atoms with Crippen LogP contribution >= 0.6 is 0 Å². The van der Waals surface area contributed by atoms with Crippen molar-refractivity contribution in [1.82, 2.24) is 15.4 Å². The lowest BCUT2D eigenvalue weighted by Crippen LogP contribution is -2.71. The van der Waals surface area contributed by atoms with Gasteiger partial charge in [-0.05, 0) is 19.8 Å². The predicted molar refractivity (Wildman–Crippen MR) is 92.0 cm³/mol. The van der Waals surface area contributed by atoms with Crippen molar-refractivity contribution in [2.24, 2.45) is 16.3 Å². The van der Waals surface area contributed by atoms with E-state index >= 15 is 0 Å². The molecule has 0 aromatic rings. The summed E-state index contributed by atoms with van der Waals surface area (Å²) in [5.74, 6) is 1.27. The van der Waals surface area contributed by atoms with Gasteiger partial charge >= 0.3 is 0 Å². The molecular formula is C15H30N4O3S. The minimum atomic E-state index is -3.16. The van der Waals surface area contributed by atoms with Gasteiger partial charge in [0.1, 0.15) is 0 Å². The van der Waals surface area contributed by atoms with E-state index in [4.69, 9.17) is 4.74 Å². The van der Waals surface area contributed by atoms with Crippen LogP contribution in [-0.2, 0) is 14.8 Å². The second-order valence-electron chi connectivity index (χ2n) is 6.97. The van der Waals surface area contributed by atoms with E-state index in [1.807, 2.05) is 6.92 Å². The molecule has 2 aliphatic rings. The van der Waals surface area contributed by atoms with Crippen molar-refractivity contribution in [2.45, 2.75) is 45.8 Å². The zero-order valence-electron chi connectivity index (χ0n) is 14.6. The third kappa shape index (κ3) is 4.58. The second kappa shape index (κ2) is 7.36. The van der Waals surface area contributed by atoms with Crippen LogP contribution in [0.3, 0.4) is 0 Å². The van der Waals surface area contributed by atoms with Gasteiger partial charge in [0.15, 0.2) is 5.96 Å². The molecule has 0 bridgehead atoms. The van der Waals surface area contributed by atoms with Crippen LogP contribution in [0.1, 0.15) is 33.6 Å². The Labute approximate surface area is 139 Å². The molecule has 1 aliphatic heterocycles. The molecular weight excluding hydrogens is 316 g/mol. The molecule has 0 spiro atoms. The van der Waals surface area contributed by atoms with Crippen molar-refractivity contribution in [1.29, 1.82) is 0 Å². The summed E-state index contributed by atoms with van der Waals surface area (Å²) >= 11 is 0. The Morgan fingerprint density at radius 2 is 2.13 bits per heavy atom. The highest BCUT2D eigenvalue weighted by atomic mass is 32.2. The number of aliphatic imine (C=N–C) groups is 1. The van der Waals surface area contributed by atoms with E-state index < -0.39 is 10.0 Å². The monoisotopic (exact) mass is 346 g/mol. The molecule has 7 nitrogen and oxygen atoms in total. The molecule has 1 aliphatic carbocycles. The number of sulfonamides is 1. The fourth-order valence-corrected chi connectivity index (χ4v) is 4.14. The second-order valence-corrected chi connectivity index (χ2v) is 8.80. The van der Waals surface area contributed by atoms with Crippen LogP contribution in [0.4, 0.5) is 0 Å². The zero-order valence-corrected chi connectivity index (χ0v) is 15.4. The van der Waals surface area contributed by atoms with Crippen molar-refractivity contribution < 1.29 is 13.2 Å². The maximum absolute atomic E-state index is 11.1. The first-order valence-corrected chi connectivity index (χ1v) is 10.3. The summed E-state index contributed by atoms with van der Waals surface area (Å²) in [7, 11) is -3.16. The number of guanidine groups is 1. The lowest BCUT2D eigenvalue weighted by Gasteiger charge is -2.60. The standard InChI is InChI=1S/C15H30N4O3S/c1-5-16-14(17-8-9-18-23(4,20)21)19-12-11-7-6-10-22-13(11)15(12,2)3/h11-13,18H,5-10H2,1-4H3,(H2,16,17,19). The highest BCUT2D eigenvalue weighted by molar-refractivity contribution is 7.88. The van der Waals surface area contributed by atoms with Gasteiger partial charge in [0.05, 0.1) is 18.9 Å². The Balaban J connectivity index is 1.93. The minimum Gasteiger partial charge on any atom is -0.377 e. The molecule has 0 aromatic heterocycles. The summed E-state index contributed by atoms with van der Waals surface area (Å²) in [5, 5.41) is 6.76. The largest absolute Gasteiger partial charge is 0.377 e. The summed E-state index contributed by atoms with van der Waals surface area (Å²) < 4.78 is 30.5. The van der Waals surface area contributed by atoms with Gasteiger partial charge in [0, 0.05) is 37.1 Å². The smallest absolute Gasteiger partial charge is 0.208 e. The first kappa shape index (κ1) is 18.5. The van der Waals surface area contributed by atoms with Crippen LogP contribution in [0.25, 0.3) is 0 Å². The van der Waals surface area contributed by atoms with E-state index in [0.717, 1.165) is 31.8 Å². The molecule has 2 rings (SSSR count). The fourth-order valence-electron chi connectivity index (χ4n) is 3.68. The van der Waals surface area contributed by atoms with E-state index in [-0.39, 0.29) is 5.41 Å². The predicted octanol–water partition coefficient (Wildman–Crippen LogP) is 0.294. The van der Waals surface area contributed by atoms with E-state index in [0.29, 0.717) is 31.2 Å². The van der Waals surface area contributed by atoms with Crippen LogP contribution in [-0.4, -0.2) is 59.0 Å². The summed E-state index contributed by atoms with van der Waals surface area (Å²) in [4.78, 5) is 4.47. The molecule has 3 unspecified atom stereocenters. The number of hydrogen-bond acceptors (Lipinski definition) is 4. The molecule has 23 heavy (non-hydrogen) atoms. The first-order valence-electron chi connectivity index (χ1n) is 8.37. The lowest BCUT2D eigenvalue weighted by molar-refractivity contribution is -0.188. The molecule has 3 N–H and O–H groups in total. The van der Waals surface area contributed by atoms with Crippen molar-refractivity contribution in [3.63, 3.8) is 0 Å². The quantitative estimate of drug-likeness (QED) is 0.365. The van der Waals surface area contributed by atoms with Crippen molar-refractivity contribution in [2.75, 3.05) is 32.5 Å². The number of ether oxygens (including phenoxy) is 1. The number of nitrogens with zero attached hydrogens (tertiary/aromatic N) is 1. The molecule has 0 aromatic carbocycles. The SMILES string of the molecule is CCNC(=NCCNS(C)(=O)=O)NC1C2CCCOC2C1(C)C. The van der Waals surface area contributed by atoms with E-state index in [1.165, 1.54) is 6.42 Å². The maximum atomic E-state index is 11.1. The van der Waals surface area contributed by atoms with Gasteiger partial charge in [0.2, 0.25) is 10.0 Å². The van der Waals surface area contributed by atoms with Crippen LogP contribution < -0.4 is 15.4 Å². The minimum absolute atomic E-state index is 0.0757. The third-order valence-electron chi connectivity index (χ3n) is 4.71. The van der Waals surface area contributed by atoms with Crippen LogP contribution in [0.15, 0.2) is 4.99 Å². The highest BCUT2D eigenvalue weighted by Crippen LogP contribution is 2.51. The molecule has 1 saturated heterocycles. The lowest BCUT2D eigenvalue weighted by atomic mass is 9.55. The Bertz CT molecular complexity index is 533. The summed E-state index contributed by atoms with van der Waals surface area (Å²) in [6, 6.07) is 0.327. The van der Waals surface area contributed by atoms with Gasteiger partial charge in [-0.15, -0.1) is 0 Å². The topological polar surface area (TPSA) is 91.8 Å². The number of rotatable bonds is 6. The molecule has 1 saturated carbocycles. The summed E-state index contributed by atoms with van der Waals surface area (Å²) in [5.41, 5.74) is 0.0757.